The molecule has 0 unspecified atom stereocenters. The van der Waals surface area contributed by atoms with Crippen molar-refractivity contribution in [1.29, 1.82) is 0 Å². The van der Waals surface area contributed by atoms with Gasteiger partial charge >= 0.3 is 0 Å². The Morgan fingerprint density at radius 2 is 1.65 bits per heavy atom. The summed E-state index contributed by atoms with van der Waals surface area (Å²) in [5.74, 6) is 1.74. The largest absolute Gasteiger partial charge is 0.494 e. The SMILES string of the molecule is CCOc1ccc([C@H](CCC(C)C)N2CCNCC2)cc1.Cl.Cl. The minimum absolute atomic E-state index is 0. The minimum Gasteiger partial charge on any atom is -0.494 e. The van der Waals surface area contributed by atoms with Crippen molar-refractivity contribution in [3.05, 3.63) is 29.8 Å². The fourth-order valence-corrected chi connectivity index (χ4v) is 3.00. The number of halogens is 2. The Morgan fingerprint density at radius 3 is 2.17 bits per heavy atom. The van der Waals surface area contributed by atoms with E-state index >= 15 is 0 Å². The molecule has 0 aliphatic carbocycles. The number of benzene rings is 1. The van der Waals surface area contributed by atoms with E-state index in [1.165, 1.54) is 18.4 Å². The zero-order valence-electron chi connectivity index (χ0n) is 14.6. The first-order valence-corrected chi connectivity index (χ1v) is 8.38. The van der Waals surface area contributed by atoms with Gasteiger partial charge in [0.15, 0.2) is 0 Å². The van der Waals surface area contributed by atoms with Gasteiger partial charge < -0.3 is 10.1 Å². The number of nitrogens with zero attached hydrogens (tertiary/aromatic N) is 1. The second-order valence-corrected chi connectivity index (χ2v) is 6.28. The summed E-state index contributed by atoms with van der Waals surface area (Å²) in [6, 6.07) is 9.27. The van der Waals surface area contributed by atoms with Crippen molar-refractivity contribution in [2.24, 2.45) is 5.92 Å². The Hall–Kier alpha value is -0.480. The van der Waals surface area contributed by atoms with E-state index in [0.717, 1.165) is 44.5 Å². The number of hydrogen-bond donors (Lipinski definition) is 1. The Labute approximate surface area is 154 Å². The van der Waals surface area contributed by atoms with Crippen molar-refractivity contribution >= 4 is 24.8 Å². The molecule has 23 heavy (non-hydrogen) atoms. The molecule has 134 valence electrons. The standard InChI is InChI=1S/C18H30N2O.2ClH/c1-4-21-17-8-6-16(7-9-17)18(10-5-15(2)3)20-13-11-19-12-14-20;;/h6-9,15,18-19H,4-5,10-14H2,1-3H3;2*1H/t18-;;/m0../s1. The predicted octanol–water partition coefficient (Wildman–Crippen LogP) is 4.31. The molecule has 1 N–H and O–H groups in total. The third-order valence-corrected chi connectivity index (χ3v) is 4.19. The van der Waals surface area contributed by atoms with E-state index in [-0.39, 0.29) is 24.8 Å². The van der Waals surface area contributed by atoms with Gasteiger partial charge in [-0.15, -0.1) is 24.8 Å². The van der Waals surface area contributed by atoms with Gasteiger partial charge in [0.25, 0.3) is 0 Å². The average molecular weight is 363 g/mol. The summed E-state index contributed by atoms with van der Waals surface area (Å²) in [4.78, 5) is 2.63. The van der Waals surface area contributed by atoms with Gasteiger partial charge in [-0.25, -0.2) is 0 Å². The maximum atomic E-state index is 5.56. The molecule has 0 aromatic heterocycles. The fourth-order valence-electron chi connectivity index (χ4n) is 3.00. The molecule has 0 amide bonds. The molecule has 0 spiro atoms. The van der Waals surface area contributed by atoms with Crippen LogP contribution in [0.5, 0.6) is 5.75 Å². The summed E-state index contributed by atoms with van der Waals surface area (Å²) in [5.41, 5.74) is 1.43. The van der Waals surface area contributed by atoms with Crippen LogP contribution >= 0.6 is 24.8 Å². The summed E-state index contributed by atoms with van der Waals surface area (Å²) in [6.07, 6.45) is 2.52. The molecular formula is C18H32Cl2N2O. The van der Waals surface area contributed by atoms with Crippen molar-refractivity contribution in [3.8, 4) is 5.75 Å². The molecule has 0 saturated carbocycles. The lowest BCUT2D eigenvalue weighted by molar-refractivity contribution is 0.159. The van der Waals surface area contributed by atoms with Crippen LogP contribution in [0.25, 0.3) is 0 Å². The second kappa shape index (κ2) is 12.0. The molecule has 1 aromatic rings. The molecule has 1 heterocycles. The molecule has 1 aliphatic rings. The van der Waals surface area contributed by atoms with Crippen LogP contribution in [0.1, 0.15) is 45.2 Å². The fraction of sp³-hybridized carbons (Fsp3) is 0.667. The summed E-state index contributed by atoms with van der Waals surface area (Å²) in [7, 11) is 0. The van der Waals surface area contributed by atoms with Crippen molar-refractivity contribution in [2.45, 2.75) is 39.7 Å². The Morgan fingerprint density at radius 1 is 1.04 bits per heavy atom. The highest BCUT2D eigenvalue weighted by molar-refractivity contribution is 5.85. The van der Waals surface area contributed by atoms with E-state index in [1.807, 2.05) is 6.92 Å². The summed E-state index contributed by atoms with van der Waals surface area (Å²) < 4.78 is 5.56. The van der Waals surface area contributed by atoms with Crippen molar-refractivity contribution in [2.75, 3.05) is 32.8 Å². The Balaban J connectivity index is 0.00000242. The van der Waals surface area contributed by atoms with Crippen LogP contribution in [0.4, 0.5) is 0 Å². The second-order valence-electron chi connectivity index (χ2n) is 6.28. The number of nitrogens with one attached hydrogen (secondary N) is 1. The molecule has 2 rings (SSSR count). The Bertz CT molecular complexity index is 406. The molecule has 1 aliphatic heterocycles. The van der Waals surface area contributed by atoms with E-state index in [2.05, 4.69) is 48.3 Å². The minimum atomic E-state index is 0. The normalized spacial score (nSPS) is 16.3. The first-order chi connectivity index (χ1) is 10.2. The van der Waals surface area contributed by atoms with Gasteiger partial charge in [-0.1, -0.05) is 26.0 Å². The summed E-state index contributed by atoms with van der Waals surface area (Å²) >= 11 is 0. The van der Waals surface area contributed by atoms with Crippen LogP contribution in [-0.2, 0) is 0 Å². The van der Waals surface area contributed by atoms with E-state index in [0.29, 0.717) is 6.04 Å². The molecule has 5 heteroatoms. The first kappa shape index (κ1) is 22.5. The lowest BCUT2D eigenvalue weighted by Crippen LogP contribution is -2.45. The monoisotopic (exact) mass is 362 g/mol. The van der Waals surface area contributed by atoms with Gasteiger partial charge in [0.1, 0.15) is 5.75 Å². The molecule has 0 bridgehead atoms. The van der Waals surface area contributed by atoms with E-state index in [4.69, 9.17) is 4.74 Å². The van der Waals surface area contributed by atoms with Crippen LogP contribution in [0, 0.1) is 5.92 Å². The molecule has 1 atom stereocenters. The molecule has 1 fully saturated rings. The highest BCUT2D eigenvalue weighted by atomic mass is 35.5. The van der Waals surface area contributed by atoms with Gasteiger partial charge in [0.2, 0.25) is 0 Å². The average Bonchev–Trinajstić information content (AvgIpc) is 2.50. The van der Waals surface area contributed by atoms with Crippen molar-refractivity contribution in [3.63, 3.8) is 0 Å². The Kier molecular flexibility index (Phi) is 11.7. The lowest BCUT2D eigenvalue weighted by Gasteiger charge is -2.35. The number of piperazine rings is 1. The third kappa shape index (κ3) is 7.30. The van der Waals surface area contributed by atoms with Crippen LogP contribution in [0.2, 0.25) is 0 Å². The zero-order valence-corrected chi connectivity index (χ0v) is 16.2. The maximum Gasteiger partial charge on any atom is 0.119 e. The number of hydrogen-bond acceptors (Lipinski definition) is 3. The maximum absolute atomic E-state index is 5.56. The van der Waals surface area contributed by atoms with E-state index in [1.54, 1.807) is 0 Å². The zero-order chi connectivity index (χ0) is 15.1. The van der Waals surface area contributed by atoms with Gasteiger partial charge in [-0.3, -0.25) is 4.90 Å². The molecule has 0 radical (unpaired) electrons. The third-order valence-electron chi connectivity index (χ3n) is 4.19. The number of ether oxygens (including phenoxy) is 1. The summed E-state index contributed by atoms with van der Waals surface area (Å²) in [6.45, 7) is 11.9. The topological polar surface area (TPSA) is 24.5 Å². The predicted molar refractivity (Wildman–Crippen MR) is 103 cm³/mol. The van der Waals surface area contributed by atoms with Crippen LogP contribution in [-0.4, -0.2) is 37.7 Å². The smallest absolute Gasteiger partial charge is 0.119 e. The van der Waals surface area contributed by atoms with E-state index < -0.39 is 0 Å². The first-order valence-electron chi connectivity index (χ1n) is 8.38. The van der Waals surface area contributed by atoms with Crippen LogP contribution < -0.4 is 10.1 Å². The van der Waals surface area contributed by atoms with Crippen molar-refractivity contribution < 1.29 is 4.74 Å². The molecule has 3 nitrogen and oxygen atoms in total. The van der Waals surface area contributed by atoms with Gasteiger partial charge in [-0.05, 0) is 43.4 Å². The quantitative estimate of drug-likeness (QED) is 0.781. The summed E-state index contributed by atoms with van der Waals surface area (Å²) in [5, 5.41) is 3.45. The molecule has 1 aromatic carbocycles. The highest BCUT2D eigenvalue weighted by Crippen LogP contribution is 2.29. The van der Waals surface area contributed by atoms with E-state index in [9.17, 15) is 0 Å². The van der Waals surface area contributed by atoms with Gasteiger partial charge in [0, 0.05) is 32.2 Å². The van der Waals surface area contributed by atoms with Crippen molar-refractivity contribution in [1.82, 2.24) is 10.2 Å². The highest BCUT2D eigenvalue weighted by Gasteiger charge is 2.22. The molecular weight excluding hydrogens is 331 g/mol. The van der Waals surface area contributed by atoms with Crippen LogP contribution in [0.15, 0.2) is 24.3 Å². The molecule has 1 saturated heterocycles. The van der Waals surface area contributed by atoms with Gasteiger partial charge in [-0.2, -0.15) is 0 Å². The number of rotatable bonds is 7. The van der Waals surface area contributed by atoms with Gasteiger partial charge in [0.05, 0.1) is 6.61 Å². The van der Waals surface area contributed by atoms with Crippen LogP contribution in [0.3, 0.4) is 0 Å². The lowest BCUT2D eigenvalue weighted by atomic mass is 9.95.